The maximum atomic E-state index is 12.3. The second-order valence-corrected chi connectivity index (χ2v) is 4.66. The van der Waals surface area contributed by atoms with Crippen molar-refractivity contribution < 1.29 is 9.59 Å². The molecule has 1 N–H and O–H groups in total. The Balaban J connectivity index is 2.31. The number of aromatic nitrogens is 2. The summed E-state index contributed by atoms with van der Waals surface area (Å²) in [6, 6.07) is 0. The van der Waals surface area contributed by atoms with Crippen molar-refractivity contribution >= 4 is 11.8 Å². The molecule has 1 saturated heterocycles. The zero-order valence-electron chi connectivity index (χ0n) is 10.2. The van der Waals surface area contributed by atoms with Crippen LogP contribution in [0.25, 0.3) is 0 Å². The van der Waals surface area contributed by atoms with E-state index in [9.17, 15) is 9.59 Å². The zero-order chi connectivity index (χ0) is 12.6. The van der Waals surface area contributed by atoms with Crippen molar-refractivity contribution in [1.29, 1.82) is 0 Å². The molecule has 92 valence electrons. The van der Waals surface area contributed by atoms with Gasteiger partial charge in [0.25, 0.3) is 5.91 Å². The second-order valence-electron chi connectivity index (χ2n) is 4.66. The summed E-state index contributed by atoms with van der Waals surface area (Å²) < 4.78 is 1.66. The first-order valence-corrected chi connectivity index (χ1v) is 5.51. The third-order valence-corrected chi connectivity index (χ3v) is 3.13. The van der Waals surface area contributed by atoms with Gasteiger partial charge in [-0.15, -0.1) is 0 Å². The molecule has 0 radical (unpaired) electrons. The third kappa shape index (κ3) is 1.79. The molecule has 6 heteroatoms. The van der Waals surface area contributed by atoms with Crippen LogP contribution < -0.4 is 5.32 Å². The molecular formula is C11H16N4O2. The Morgan fingerprint density at radius 3 is 2.82 bits per heavy atom. The van der Waals surface area contributed by atoms with Gasteiger partial charge in [-0.05, 0) is 13.8 Å². The quantitative estimate of drug-likeness (QED) is 0.732. The van der Waals surface area contributed by atoms with Gasteiger partial charge in [0.05, 0.1) is 12.5 Å². The smallest absolute Gasteiger partial charge is 0.273 e. The molecule has 17 heavy (non-hydrogen) atoms. The van der Waals surface area contributed by atoms with E-state index in [-0.39, 0.29) is 11.8 Å². The Morgan fingerprint density at radius 2 is 2.24 bits per heavy atom. The van der Waals surface area contributed by atoms with Crippen molar-refractivity contribution in [3.8, 4) is 0 Å². The Hall–Kier alpha value is -1.85. The molecule has 0 saturated carbocycles. The first kappa shape index (κ1) is 11.6. The van der Waals surface area contributed by atoms with Gasteiger partial charge in [0.15, 0.2) is 0 Å². The van der Waals surface area contributed by atoms with Crippen molar-refractivity contribution in [2.24, 2.45) is 7.05 Å². The summed E-state index contributed by atoms with van der Waals surface area (Å²) in [5.41, 5.74) is -0.327. The lowest BCUT2D eigenvalue weighted by Gasteiger charge is -2.41. The highest BCUT2D eigenvalue weighted by Gasteiger charge is 2.41. The normalized spacial score (nSPS) is 19.0. The fraction of sp³-hybridized carbons (Fsp3) is 0.545. The highest BCUT2D eigenvalue weighted by molar-refractivity contribution is 5.98. The van der Waals surface area contributed by atoms with Crippen LogP contribution in [0.1, 0.15) is 24.3 Å². The lowest BCUT2D eigenvalue weighted by Crippen LogP contribution is -2.63. The van der Waals surface area contributed by atoms with E-state index in [2.05, 4.69) is 10.3 Å². The van der Waals surface area contributed by atoms with Crippen LogP contribution in [0.15, 0.2) is 12.5 Å². The summed E-state index contributed by atoms with van der Waals surface area (Å²) in [6.07, 6.45) is 3.09. The molecule has 2 rings (SSSR count). The molecule has 0 unspecified atom stereocenters. The third-order valence-electron chi connectivity index (χ3n) is 3.13. The molecule has 1 fully saturated rings. The maximum absolute atomic E-state index is 12.3. The second kappa shape index (κ2) is 3.87. The first-order chi connectivity index (χ1) is 7.94. The predicted octanol–water partition coefficient (Wildman–Crippen LogP) is -0.229. The summed E-state index contributed by atoms with van der Waals surface area (Å²) >= 11 is 0. The average molecular weight is 236 g/mol. The number of amides is 2. The van der Waals surface area contributed by atoms with E-state index in [1.165, 1.54) is 6.20 Å². The fourth-order valence-electron chi connectivity index (χ4n) is 1.96. The van der Waals surface area contributed by atoms with E-state index in [0.29, 0.717) is 18.8 Å². The number of carbonyl (C=O) groups is 2. The molecule has 0 bridgehead atoms. The number of piperazine rings is 1. The molecular weight excluding hydrogens is 220 g/mol. The number of carbonyl (C=O) groups excluding carboxylic acids is 2. The minimum Gasteiger partial charge on any atom is -0.352 e. The summed E-state index contributed by atoms with van der Waals surface area (Å²) in [5.74, 6) is -0.288. The van der Waals surface area contributed by atoms with Crippen LogP contribution in [0.5, 0.6) is 0 Å². The monoisotopic (exact) mass is 236 g/mol. The van der Waals surface area contributed by atoms with Gasteiger partial charge in [-0.1, -0.05) is 0 Å². The molecule has 6 nitrogen and oxygen atoms in total. The van der Waals surface area contributed by atoms with E-state index in [4.69, 9.17) is 0 Å². The van der Waals surface area contributed by atoms with Crippen LogP contribution in [0.2, 0.25) is 0 Å². The van der Waals surface area contributed by atoms with Gasteiger partial charge in [0, 0.05) is 20.1 Å². The van der Waals surface area contributed by atoms with Gasteiger partial charge in [-0.3, -0.25) is 9.59 Å². The standard InChI is InChI=1S/C11H16N4O2/c1-11(2)10(17)13-4-5-15(11)9(16)8-6-12-7-14(8)3/h6-7H,4-5H2,1-3H3,(H,13,17). The summed E-state index contributed by atoms with van der Waals surface area (Å²) in [7, 11) is 1.76. The molecule has 2 amide bonds. The first-order valence-electron chi connectivity index (χ1n) is 5.51. The molecule has 0 atom stereocenters. The average Bonchev–Trinajstić information content (AvgIpc) is 2.68. The number of hydrogen-bond donors (Lipinski definition) is 1. The lowest BCUT2D eigenvalue weighted by atomic mass is 9.98. The molecule has 0 aromatic carbocycles. The van der Waals surface area contributed by atoms with Crippen LogP contribution in [0, 0.1) is 0 Å². The van der Waals surface area contributed by atoms with E-state index < -0.39 is 5.54 Å². The van der Waals surface area contributed by atoms with E-state index >= 15 is 0 Å². The largest absolute Gasteiger partial charge is 0.352 e. The van der Waals surface area contributed by atoms with Crippen LogP contribution in [0.4, 0.5) is 0 Å². The van der Waals surface area contributed by atoms with Crippen molar-refractivity contribution in [1.82, 2.24) is 19.8 Å². The highest BCUT2D eigenvalue weighted by Crippen LogP contribution is 2.20. The minimum atomic E-state index is -0.820. The van der Waals surface area contributed by atoms with E-state index in [0.717, 1.165) is 0 Å². The molecule has 1 aromatic rings. The van der Waals surface area contributed by atoms with E-state index in [1.54, 1.807) is 36.7 Å². The summed E-state index contributed by atoms with van der Waals surface area (Å²) in [4.78, 5) is 29.6. The number of aryl methyl sites for hydroxylation is 1. The van der Waals surface area contributed by atoms with Gasteiger partial charge >= 0.3 is 0 Å². The van der Waals surface area contributed by atoms with Gasteiger partial charge < -0.3 is 14.8 Å². The van der Waals surface area contributed by atoms with Gasteiger partial charge in [0.2, 0.25) is 5.91 Å². The Morgan fingerprint density at radius 1 is 1.53 bits per heavy atom. The highest BCUT2D eigenvalue weighted by atomic mass is 16.2. The van der Waals surface area contributed by atoms with Gasteiger partial charge in [-0.2, -0.15) is 0 Å². The van der Waals surface area contributed by atoms with Crippen LogP contribution in [-0.2, 0) is 11.8 Å². The Kier molecular flexibility index (Phi) is 2.65. The Bertz CT molecular complexity index is 464. The molecule has 2 heterocycles. The summed E-state index contributed by atoms with van der Waals surface area (Å²) in [6.45, 7) is 4.50. The van der Waals surface area contributed by atoms with Crippen molar-refractivity contribution in [2.75, 3.05) is 13.1 Å². The number of hydrogen-bond acceptors (Lipinski definition) is 3. The van der Waals surface area contributed by atoms with Crippen molar-refractivity contribution in [3.63, 3.8) is 0 Å². The molecule has 1 aromatic heterocycles. The van der Waals surface area contributed by atoms with Gasteiger partial charge in [0.1, 0.15) is 11.2 Å². The number of nitrogens with zero attached hydrogens (tertiary/aromatic N) is 3. The van der Waals surface area contributed by atoms with Gasteiger partial charge in [-0.25, -0.2) is 4.98 Å². The van der Waals surface area contributed by atoms with Crippen LogP contribution in [0.3, 0.4) is 0 Å². The predicted molar refractivity (Wildman–Crippen MR) is 61.3 cm³/mol. The maximum Gasteiger partial charge on any atom is 0.273 e. The molecule has 1 aliphatic rings. The van der Waals surface area contributed by atoms with Crippen LogP contribution >= 0.6 is 0 Å². The number of imidazole rings is 1. The molecule has 1 aliphatic heterocycles. The zero-order valence-corrected chi connectivity index (χ0v) is 10.2. The molecule has 0 spiro atoms. The summed E-state index contributed by atoms with van der Waals surface area (Å²) in [5, 5.41) is 2.76. The van der Waals surface area contributed by atoms with Crippen LogP contribution in [-0.4, -0.2) is 44.9 Å². The number of nitrogens with one attached hydrogen (secondary N) is 1. The fourth-order valence-corrected chi connectivity index (χ4v) is 1.96. The number of rotatable bonds is 1. The molecule has 0 aliphatic carbocycles. The van der Waals surface area contributed by atoms with Crippen molar-refractivity contribution in [3.05, 3.63) is 18.2 Å². The Labute approximate surface area is 99.6 Å². The van der Waals surface area contributed by atoms with E-state index in [1.807, 2.05) is 0 Å². The minimum absolute atomic E-state index is 0.126. The SMILES string of the molecule is Cn1cncc1C(=O)N1CCNC(=O)C1(C)C. The lowest BCUT2D eigenvalue weighted by molar-refractivity contribution is -0.133. The van der Waals surface area contributed by atoms with Crippen molar-refractivity contribution in [2.45, 2.75) is 19.4 Å². The topological polar surface area (TPSA) is 67.2 Å².